The van der Waals surface area contributed by atoms with Crippen LogP contribution in [-0.4, -0.2) is 24.6 Å². The molecule has 1 aliphatic heterocycles. The number of hydrogen-bond acceptors (Lipinski definition) is 4. The molecular weight excluding hydrogens is 266 g/mol. The lowest BCUT2D eigenvalue weighted by Gasteiger charge is -2.26. The van der Waals surface area contributed by atoms with E-state index >= 15 is 0 Å². The minimum Gasteiger partial charge on any atom is -0.348 e. The number of nitrogens with one attached hydrogen (secondary N) is 1. The maximum absolute atomic E-state index is 4.62. The largest absolute Gasteiger partial charge is 0.348 e. The molecule has 0 bridgehead atoms. The van der Waals surface area contributed by atoms with Crippen LogP contribution >= 0.6 is 11.3 Å². The summed E-state index contributed by atoms with van der Waals surface area (Å²) in [6.45, 7) is 15.9. The molecule has 1 atom stereocenters. The van der Waals surface area contributed by atoms with E-state index < -0.39 is 0 Å². The van der Waals surface area contributed by atoms with Crippen molar-refractivity contribution >= 4 is 16.5 Å². The Kier molecular flexibility index (Phi) is 5.08. The van der Waals surface area contributed by atoms with E-state index in [1.54, 1.807) is 0 Å². The quantitative estimate of drug-likeness (QED) is 0.896. The second-order valence-corrected chi connectivity index (χ2v) is 8.53. The summed E-state index contributed by atoms with van der Waals surface area (Å²) in [6, 6.07) is 0. The first-order chi connectivity index (χ1) is 9.36. The first-order valence-corrected chi connectivity index (χ1v) is 8.58. The zero-order valence-electron chi connectivity index (χ0n) is 13.6. The van der Waals surface area contributed by atoms with E-state index in [0.29, 0.717) is 11.3 Å². The number of rotatable bonds is 5. The summed E-state index contributed by atoms with van der Waals surface area (Å²) in [5.41, 5.74) is 0.410. The Labute approximate surface area is 127 Å². The Balaban J connectivity index is 1.87. The fraction of sp³-hybridized carbons (Fsp3) is 0.812. The van der Waals surface area contributed by atoms with Crippen LogP contribution in [-0.2, 0) is 6.54 Å². The van der Waals surface area contributed by atoms with Crippen LogP contribution < -0.4 is 10.2 Å². The highest BCUT2D eigenvalue weighted by atomic mass is 32.1. The molecule has 1 N–H and O–H groups in total. The third-order valence-corrected chi connectivity index (χ3v) is 5.13. The fourth-order valence-corrected chi connectivity index (χ4v) is 3.56. The van der Waals surface area contributed by atoms with Gasteiger partial charge < -0.3 is 10.2 Å². The minimum atomic E-state index is 0.410. The fourth-order valence-electron chi connectivity index (χ4n) is 2.65. The van der Waals surface area contributed by atoms with Crippen molar-refractivity contribution in [3.8, 4) is 0 Å². The molecule has 2 rings (SSSR count). The van der Waals surface area contributed by atoms with E-state index in [-0.39, 0.29) is 0 Å². The van der Waals surface area contributed by atoms with E-state index in [2.05, 4.69) is 49.8 Å². The van der Waals surface area contributed by atoms with Gasteiger partial charge in [-0.2, -0.15) is 0 Å². The van der Waals surface area contributed by atoms with Crippen LogP contribution in [0.25, 0.3) is 0 Å². The zero-order chi connectivity index (χ0) is 14.8. The summed E-state index contributed by atoms with van der Waals surface area (Å²) in [7, 11) is 0. The second-order valence-electron chi connectivity index (χ2n) is 7.43. The first kappa shape index (κ1) is 15.8. The molecule has 114 valence electrons. The molecule has 1 unspecified atom stereocenters. The van der Waals surface area contributed by atoms with Crippen LogP contribution in [0.1, 0.15) is 45.9 Å². The molecule has 20 heavy (non-hydrogen) atoms. The van der Waals surface area contributed by atoms with E-state index in [1.807, 2.05) is 17.5 Å². The van der Waals surface area contributed by atoms with Gasteiger partial charge in [-0.1, -0.05) is 34.6 Å². The molecule has 0 radical (unpaired) electrons. The molecule has 0 amide bonds. The maximum Gasteiger partial charge on any atom is 0.185 e. The van der Waals surface area contributed by atoms with E-state index in [0.717, 1.165) is 32.1 Å². The zero-order valence-corrected chi connectivity index (χ0v) is 14.4. The predicted molar refractivity (Wildman–Crippen MR) is 88.4 cm³/mol. The van der Waals surface area contributed by atoms with Gasteiger partial charge in [-0.3, -0.25) is 0 Å². The van der Waals surface area contributed by atoms with Gasteiger partial charge in [-0.15, -0.1) is 11.3 Å². The summed E-state index contributed by atoms with van der Waals surface area (Å²) >= 11 is 1.85. The first-order valence-electron chi connectivity index (χ1n) is 7.76. The Morgan fingerprint density at radius 1 is 1.45 bits per heavy atom. The molecular formula is C16H29N3S. The number of aromatic nitrogens is 1. The van der Waals surface area contributed by atoms with Crippen molar-refractivity contribution in [2.24, 2.45) is 17.3 Å². The molecule has 1 saturated heterocycles. The highest BCUT2D eigenvalue weighted by Gasteiger charge is 2.32. The molecule has 1 aliphatic rings. The van der Waals surface area contributed by atoms with Gasteiger partial charge in [-0.25, -0.2) is 4.98 Å². The Morgan fingerprint density at radius 3 is 2.80 bits per heavy atom. The van der Waals surface area contributed by atoms with Crippen LogP contribution in [0.3, 0.4) is 0 Å². The number of anilines is 1. The van der Waals surface area contributed by atoms with Crippen molar-refractivity contribution < 1.29 is 0 Å². The van der Waals surface area contributed by atoms with E-state index in [9.17, 15) is 0 Å². The third-order valence-electron chi connectivity index (χ3n) is 4.08. The molecule has 0 aromatic carbocycles. The molecule has 0 spiro atoms. The average Bonchev–Trinajstić information content (AvgIpc) is 2.94. The summed E-state index contributed by atoms with van der Waals surface area (Å²) in [5, 5.41) is 4.70. The molecule has 1 aromatic rings. The molecule has 2 heterocycles. The Bertz CT molecular complexity index is 420. The van der Waals surface area contributed by atoms with Crippen molar-refractivity contribution in [3.05, 3.63) is 11.1 Å². The van der Waals surface area contributed by atoms with Gasteiger partial charge in [0.25, 0.3) is 0 Å². The minimum absolute atomic E-state index is 0.410. The molecule has 1 aromatic heterocycles. The lowest BCUT2D eigenvalue weighted by molar-refractivity contribution is 0.263. The summed E-state index contributed by atoms with van der Waals surface area (Å²) < 4.78 is 0. The SMILES string of the molecule is CC(C)CNCc1cnc(N2CCC(C(C)(C)C)C2)s1. The van der Waals surface area contributed by atoms with Crippen LogP contribution in [0, 0.1) is 17.3 Å². The summed E-state index contributed by atoms with van der Waals surface area (Å²) in [5.74, 6) is 1.49. The summed E-state index contributed by atoms with van der Waals surface area (Å²) in [6.07, 6.45) is 3.34. The molecule has 4 heteroatoms. The lowest BCUT2D eigenvalue weighted by atomic mass is 9.80. The van der Waals surface area contributed by atoms with Gasteiger partial charge in [0, 0.05) is 30.7 Å². The lowest BCUT2D eigenvalue weighted by Crippen LogP contribution is -2.25. The third kappa shape index (κ3) is 4.19. The topological polar surface area (TPSA) is 28.2 Å². The van der Waals surface area contributed by atoms with Gasteiger partial charge in [-0.05, 0) is 30.2 Å². The van der Waals surface area contributed by atoms with Crippen molar-refractivity contribution in [2.75, 3.05) is 24.5 Å². The standard InChI is InChI=1S/C16H29N3S/c1-12(2)8-17-9-14-10-18-15(20-14)19-7-6-13(11-19)16(3,4)5/h10,12-13,17H,6-9,11H2,1-5H3. The van der Waals surface area contributed by atoms with Crippen molar-refractivity contribution in [1.82, 2.24) is 10.3 Å². The van der Waals surface area contributed by atoms with Crippen LogP contribution in [0.2, 0.25) is 0 Å². The molecule has 1 fully saturated rings. The number of hydrogen-bond donors (Lipinski definition) is 1. The highest BCUT2D eigenvalue weighted by molar-refractivity contribution is 7.15. The van der Waals surface area contributed by atoms with Crippen molar-refractivity contribution in [2.45, 2.75) is 47.6 Å². The Morgan fingerprint density at radius 2 is 2.20 bits per heavy atom. The highest BCUT2D eigenvalue weighted by Crippen LogP contribution is 2.36. The molecule has 0 aliphatic carbocycles. The van der Waals surface area contributed by atoms with Crippen molar-refractivity contribution in [1.29, 1.82) is 0 Å². The van der Waals surface area contributed by atoms with Crippen LogP contribution in [0.4, 0.5) is 5.13 Å². The smallest absolute Gasteiger partial charge is 0.185 e. The normalized spacial score (nSPS) is 20.1. The van der Waals surface area contributed by atoms with Gasteiger partial charge >= 0.3 is 0 Å². The Hall–Kier alpha value is -0.610. The second kappa shape index (κ2) is 6.44. The number of nitrogens with zero attached hydrogens (tertiary/aromatic N) is 2. The molecule has 3 nitrogen and oxygen atoms in total. The van der Waals surface area contributed by atoms with Gasteiger partial charge in [0.15, 0.2) is 5.13 Å². The van der Waals surface area contributed by atoms with Gasteiger partial charge in [0.1, 0.15) is 0 Å². The van der Waals surface area contributed by atoms with Gasteiger partial charge in [0.05, 0.1) is 0 Å². The predicted octanol–water partition coefficient (Wildman–Crippen LogP) is 3.76. The van der Waals surface area contributed by atoms with Crippen LogP contribution in [0.15, 0.2) is 6.20 Å². The number of thiazole rings is 1. The summed E-state index contributed by atoms with van der Waals surface area (Å²) in [4.78, 5) is 8.43. The molecule has 0 saturated carbocycles. The van der Waals surface area contributed by atoms with Crippen LogP contribution in [0.5, 0.6) is 0 Å². The van der Waals surface area contributed by atoms with E-state index in [4.69, 9.17) is 0 Å². The monoisotopic (exact) mass is 295 g/mol. The maximum atomic E-state index is 4.62. The average molecular weight is 295 g/mol. The van der Waals surface area contributed by atoms with E-state index in [1.165, 1.54) is 16.4 Å². The van der Waals surface area contributed by atoms with Crippen molar-refractivity contribution in [3.63, 3.8) is 0 Å². The van der Waals surface area contributed by atoms with Gasteiger partial charge in [0.2, 0.25) is 0 Å².